The van der Waals surface area contributed by atoms with Gasteiger partial charge in [-0.25, -0.2) is 0 Å². The van der Waals surface area contributed by atoms with Crippen molar-refractivity contribution >= 4 is 5.97 Å². The van der Waals surface area contributed by atoms with Gasteiger partial charge < -0.3 is 23.9 Å². The van der Waals surface area contributed by atoms with Crippen LogP contribution >= 0.6 is 0 Å². The smallest absolute Gasteiger partial charge is 0.188 e. The fraction of sp³-hybridized carbons (Fsp3) is 0.850. The van der Waals surface area contributed by atoms with Gasteiger partial charge in [0.05, 0.1) is 26.7 Å². The van der Waals surface area contributed by atoms with E-state index in [0.29, 0.717) is 18.9 Å². The largest absolute Gasteiger partial charge is 0.544 e. The normalized spacial score (nSPS) is 11.5. The minimum absolute atomic E-state index is 0.0676. The zero-order valence-corrected chi connectivity index (χ0v) is 16.7. The van der Waals surface area contributed by atoms with Crippen LogP contribution in [0.3, 0.4) is 0 Å². The standard InChI is InChI=1S/C20H39NO4/c1-5-6-7-8-9-10-11-12-13-14-15-24-18-25-19(2)16-21(3,4)17-20(22)23/h2,5-18H2,1,3-4H3. The predicted molar refractivity (Wildman–Crippen MR) is 99.7 cm³/mol. The van der Waals surface area contributed by atoms with Gasteiger partial charge in [-0.2, -0.15) is 0 Å². The lowest BCUT2D eigenvalue weighted by molar-refractivity contribution is -0.881. The summed E-state index contributed by atoms with van der Waals surface area (Å²) in [6, 6.07) is 0. The molecule has 0 amide bonds. The molecular weight excluding hydrogens is 318 g/mol. The molecule has 0 aliphatic carbocycles. The molecule has 0 rings (SSSR count). The van der Waals surface area contributed by atoms with Crippen LogP contribution in [0.15, 0.2) is 12.3 Å². The average molecular weight is 358 g/mol. The monoisotopic (exact) mass is 357 g/mol. The van der Waals surface area contributed by atoms with Crippen molar-refractivity contribution in [2.24, 2.45) is 0 Å². The number of nitrogens with zero attached hydrogens (tertiary/aromatic N) is 1. The van der Waals surface area contributed by atoms with Crippen LogP contribution in [0.5, 0.6) is 0 Å². The first-order chi connectivity index (χ1) is 11.9. The van der Waals surface area contributed by atoms with Crippen LogP contribution in [-0.4, -0.2) is 51.0 Å². The molecule has 0 atom stereocenters. The minimum Gasteiger partial charge on any atom is -0.544 e. The third-order valence-corrected chi connectivity index (χ3v) is 4.15. The van der Waals surface area contributed by atoms with E-state index in [1.54, 1.807) is 14.1 Å². The Labute approximate surface area is 154 Å². The summed E-state index contributed by atoms with van der Waals surface area (Å²) in [5, 5.41) is 10.7. The minimum atomic E-state index is -1.07. The molecule has 0 aromatic carbocycles. The predicted octanol–water partition coefficient (Wildman–Crippen LogP) is 3.24. The van der Waals surface area contributed by atoms with Gasteiger partial charge in [0.1, 0.15) is 18.8 Å². The second-order valence-corrected chi connectivity index (χ2v) is 7.52. The van der Waals surface area contributed by atoms with Gasteiger partial charge in [-0.15, -0.1) is 0 Å². The molecule has 25 heavy (non-hydrogen) atoms. The summed E-state index contributed by atoms with van der Waals surface area (Å²) >= 11 is 0. The number of aliphatic carboxylic acids is 1. The van der Waals surface area contributed by atoms with E-state index < -0.39 is 5.97 Å². The van der Waals surface area contributed by atoms with Crippen molar-refractivity contribution in [1.29, 1.82) is 0 Å². The molecule has 0 heterocycles. The molecule has 5 nitrogen and oxygen atoms in total. The fourth-order valence-electron chi connectivity index (χ4n) is 2.80. The number of hydrogen-bond donors (Lipinski definition) is 0. The number of hydrogen-bond acceptors (Lipinski definition) is 4. The van der Waals surface area contributed by atoms with Crippen molar-refractivity contribution < 1.29 is 23.9 Å². The first kappa shape index (κ1) is 23.9. The maximum absolute atomic E-state index is 10.7. The summed E-state index contributed by atoms with van der Waals surface area (Å²) in [6.45, 7) is 7.30. The molecule has 148 valence electrons. The number of ether oxygens (including phenoxy) is 2. The fourth-order valence-corrected chi connectivity index (χ4v) is 2.80. The quantitative estimate of drug-likeness (QED) is 0.164. The van der Waals surface area contributed by atoms with E-state index in [0.717, 1.165) is 6.42 Å². The molecule has 0 aromatic rings. The topological polar surface area (TPSA) is 58.6 Å². The number of unbranched alkanes of at least 4 members (excludes halogenated alkanes) is 9. The first-order valence-electron chi connectivity index (χ1n) is 9.77. The summed E-state index contributed by atoms with van der Waals surface area (Å²) < 4.78 is 11.1. The van der Waals surface area contributed by atoms with E-state index in [4.69, 9.17) is 9.47 Å². The summed E-state index contributed by atoms with van der Waals surface area (Å²) in [7, 11) is 3.60. The highest BCUT2D eigenvalue weighted by molar-refractivity contribution is 5.65. The lowest BCUT2D eigenvalue weighted by Gasteiger charge is -2.30. The maximum atomic E-state index is 10.7. The first-order valence-corrected chi connectivity index (χ1v) is 9.77. The Bertz CT molecular complexity index is 356. The van der Waals surface area contributed by atoms with Crippen molar-refractivity contribution in [2.75, 3.05) is 40.6 Å². The van der Waals surface area contributed by atoms with Crippen LogP contribution < -0.4 is 5.11 Å². The molecule has 0 saturated heterocycles. The molecule has 0 saturated carbocycles. The van der Waals surface area contributed by atoms with Crippen LogP contribution in [0.4, 0.5) is 0 Å². The summed E-state index contributed by atoms with van der Waals surface area (Å²) in [4.78, 5) is 10.7. The van der Waals surface area contributed by atoms with Gasteiger partial charge in [-0.3, -0.25) is 0 Å². The highest BCUT2D eigenvalue weighted by Gasteiger charge is 2.17. The van der Waals surface area contributed by atoms with Crippen molar-refractivity contribution in [3.05, 3.63) is 12.3 Å². The van der Waals surface area contributed by atoms with Crippen LogP contribution in [0.25, 0.3) is 0 Å². The van der Waals surface area contributed by atoms with Crippen LogP contribution in [0, 0.1) is 0 Å². The van der Waals surface area contributed by atoms with E-state index >= 15 is 0 Å². The van der Waals surface area contributed by atoms with Gasteiger partial charge in [-0.1, -0.05) is 71.3 Å². The second kappa shape index (κ2) is 15.2. The number of quaternary nitrogens is 1. The van der Waals surface area contributed by atoms with Crippen LogP contribution in [0.2, 0.25) is 0 Å². The number of carboxylic acids is 1. The molecular formula is C20H39NO4. The van der Waals surface area contributed by atoms with Crippen molar-refractivity contribution in [3.63, 3.8) is 0 Å². The summed E-state index contributed by atoms with van der Waals surface area (Å²) in [5.41, 5.74) is 0. The molecule has 0 bridgehead atoms. The van der Waals surface area contributed by atoms with E-state index in [2.05, 4.69) is 13.5 Å². The highest BCUT2D eigenvalue weighted by atomic mass is 16.7. The third kappa shape index (κ3) is 17.5. The number of carboxylic acid groups (broad SMARTS) is 1. The number of carbonyl (C=O) groups excluding carboxylic acids is 1. The Kier molecular flexibility index (Phi) is 14.6. The third-order valence-electron chi connectivity index (χ3n) is 4.15. The van der Waals surface area contributed by atoms with Crippen molar-refractivity contribution in [1.82, 2.24) is 0 Å². The molecule has 0 N–H and O–H groups in total. The SMILES string of the molecule is C=C(C[N+](C)(C)CC(=O)[O-])OCOCCCCCCCCCCCC. The van der Waals surface area contributed by atoms with E-state index in [1.807, 2.05) is 0 Å². The molecule has 0 spiro atoms. The van der Waals surface area contributed by atoms with Crippen LogP contribution in [-0.2, 0) is 14.3 Å². The molecule has 0 unspecified atom stereocenters. The maximum Gasteiger partial charge on any atom is 0.188 e. The van der Waals surface area contributed by atoms with Gasteiger partial charge in [-0.05, 0) is 6.42 Å². The summed E-state index contributed by atoms with van der Waals surface area (Å²) in [5.74, 6) is -0.538. The molecule has 0 aromatic heterocycles. The van der Waals surface area contributed by atoms with Gasteiger partial charge in [0.2, 0.25) is 0 Å². The molecule has 0 radical (unpaired) electrons. The highest BCUT2D eigenvalue weighted by Crippen LogP contribution is 2.10. The number of likely N-dealkylation sites (N-methyl/N-ethyl adjacent to an activating group) is 1. The Morgan fingerprint density at radius 1 is 0.920 bits per heavy atom. The Morgan fingerprint density at radius 2 is 1.44 bits per heavy atom. The molecule has 0 fully saturated rings. The van der Waals surface area contributed by atoms with Gasteiger partial charge in [0, 0.05) is 0 Å². The lowest BCUT2D eigenvalue weighted by atomic mass is 10.1. The molecule has 0 aliphatic heterocycles. The Hall–Kier alpha value is -1.07. The zero-order valence-electron chi connectivity index (χ0n) is 16.7. The Morgan fingerprint density at radius 3 is 1.96 bits per heavy atom. The average Bonchev–Trinajstić information content (AvgIpc) is 2.50. The van der Waals surface area contributed by atoms with Gasteiger partial charge in [0.15, 0.2) is 6.79 Å². The number of carbonyl (C=O) groups is 1. The lowest BCUT2D eigenvalue weighted by Crippen LogP contribution is -2.49. The summed E-state index contributed by atoms with van der Waals surface area (Å²) in [6.07, 6.45) is 13.0. The van der Waals surface area contributed by atoms with E-state index in [-0.39, 0.29) is 17.8 Å². The van der Waals surface area contributed by atoms with Gasteiger partial charge in [0.25, 0.3) is 0 Å². The molecule has 0 aliphatic rings. The van der Waals surface area contributed by atoms with Gasteiger partial charge >= 0.3 is 0 Å². The van der Waals surface area contributed by atoms with Crippen molar-refractivity contribution in [3.8, 4) is 0 Å². The van der Waals surface area contributed by atoms with E-state index in [9.17, 15) is 9.90 Å². The second-order valence-electron chi connectivity index (χ2n) is 7.52. The van der Waals surface area contributed by atoms with Crippen molar-refractivity contribution in [2.45, 2.75) is 71.1 Å². The zero-order chi connectivity index (χ0) is 19.0. The van der Waals surface area contributed by atoms with E-state index in [1.165, 1.54) is 57.8 Å². The number of rotatable bonds is 18. The molecule has 5 heteroatoms. The Balaban J connectivity index is 3.38. The van der Waals surface area contributed by atoms with Crippen LogP contribution in [0.1, 0.15) is 71.1 Å².